The highest BCUT2D eigenvalue weighted by Crippen LogP contribution is 2.05. The van der Waals surface area contributed by atoms with Gasteiger partial charge >= 0.3 is 5.69 Å². The zero-order valence-corrected chi connectivity index (χ0v) is 11.8. The minimum absolute atomic E-state index is 0.0962. The number of hydrogen-bond acceptors (Lipinski definition) is 4. The molecule has 2 aromatic heterocycles. The van der Waals surface area contributed by atoms with E-state index in [1.807, 2.05) is 6.92 Å². The second kappa shape index (κ2) is 5.79. The predicted octanol–water partition coefficient (Wildman–Crippen LogP) is 0.107. The minimum Gasteiger partial charge on any atom is -0.388 e. The van der Waals surface area contributed by atoms with Gasteiger partial charge in [0.05, 0.1) is 6.54 Å². The maximum Gasteiger partial charge on any atom is 0.331 e. The van der Waals surface area contributed by atoms with Crippen molar-refractivity contribution in [1.29, 1.82) is 0 Å². The molecule has 0 amide bonds. The van der Waals surface area contributed by atoms with E-state index in [4.69, 9.17) is 18.0 Å². The molecule has 20 heavy (non-hydrogen) atoms. The van der Waals surface area contributed by atoms with Crippen molar-refractivity contribution in [3.63, 3.8) is 0 Å². The molecule has 7 heteroatoms. The van der Waals surface area contributed by atoms with Crippen LogP contribution in [0, 0.1) is 0 Å². The van der Waals surface area contributed by atoms with Crippen molar-refractivity contribution in [3.8, 4) is 0 Å². The number of aromatic nitrogens is 3. The van der Waals surface area contributed by atoms with Crippen LogP contribution in [-0.2, 0) is 13.1 Å². The van der Waals surface area contributed by atoms with E-state index in [0.29, 0.717) is 17.8 Å². The summed E-state index contributed by atoms with van der Waals surface area (Å²) < 4.78 is 2.60. The van der Waals surface area contributed by atoms with Crippen LogP contribution >= 0.6 is 12.2 Å². The monoisotopic (exact) mass is 290 g/mol. The molecular weight excluding hydrogens is 276 g/mol. The summed E-state index contributed by atoms with van der Waals surface area (Å²) >= 11 is 4.92. The van der Waals surface area contributed by atoms with E-state index in [9.17, 15) is 9.59 Å². The Morgan fingerprint density at radius 1 is 1.40 bits per heavy atom. The Labute approximate surface area is 120 Å². The molecule has 0 fully saturated rings. The van der Waals surface area contributed by atoms with Gasteiger partial charge in [0.25, 0.3) is 5.56 Å². The van der Waals surface area contributed by atoms with Crippen molar-refractivity contribution in [2.45, 2.75) is 20.0 Å². The lowest BCUT2D eigenvalue weighted by Crippen LogP contribution is -2.39. The molecule has 0 saturated heterocycles. The number of aryl methyl sites for hydroxylation is 1. The van der Waals surface area contributed by atoms with E-state index in [1.165, 1.54) is 16.8 Å². The fraction of sp³-hybridized carbons (Fsp3) is 0.231. The molecule has 0 aromatic carbocycles. The van der Waals surface area contributed by atoms with E-state index in [-0.39, 0.29) is 22.8 Å². The number of hydrogen-bond donors (Lipinski definition) is 1. The molecule has 2 heterocycles. The molecule has 0 unspecified atom stereocenters. The Balaban J connectivity index is 2.54. The highest BCUT2D eigenvalue weighted by Gasteiger charge is 2.10. The normalized spacial score (nSPS) is 10.4. The van der Waals surface area contributed by atoms with E-state index >= 15 is 0 Å². The number of nitrogens with two attached hydrogens (primary N) is 1. The lowest BCUT2D eigenvalue weighted by molar-refractivity contribution is 0.599. The summed E-state index contributed by atoms with van der Waals surface area (Å²) in [5, 5.41) is 0. The lowest BCUT2D eigenvalue weighted by Gasteiger charge is -2.10. The van der Waals surface area contributed by atoms with Gasteiger partial charge in [-0.15, -0.1) is 0 Å². The van der Waals surface area contributed by atoms with Gasteiger partial charge in [0.15, 0.2) is 0 Å². The van der Waals surface area contributed by atoms with Crippen LogP contribution < -0.4 is 17.0 Å². The first-order chi connectivity index (χ1) is 9.54. The van der Waals surface area contributed by atoms with Crippen LogP contribution in [0.15, 0.2) is 40.2 Å². The molecule has 0 atom stereocenters. The van der Waals surface area contributed by atoms with Gasteiger partial charge < -0.3 is 10.3 Å². The summed E-state index contributed by atoms with van der Waals surface area (Å²) in [5.41, 5.74) is 5.95. The van der Waals surface area contributed by atoms with Crippen LogP contribution in [0.3, 0.4) is 0 Å². The predicted molar refractivity (Wildman–Crippen MR) is 79.9 cm³/mol. The number of thiocarbonyl (C=S) groups is 1. The summed E-state index contributed by atoms with van der Waals surface area (Å²) in [5.74, 6) is 0. The third kappa shape index (κ3) is 2.67. The summed E-state index contributed by atoms with van der Waals surface area (Å²) in [6.07, 6.45) is 3.05. The number of nitrogens with zero attached hydrogens (tertiary/aromatic N) is 3. The van der Waals surface area contributed by atoms with E-state index in [1.54, 1.807) is 18.3 Å². The van der Waals surface area contributed by atoms with Gasteiger partial charge in [0, 0.05) is 30.6 Å². The average Bonchev–Trinajstić information content (AvgIpc) is 2.44. The van der Waals surface area contributed by atoms with Gasteiger partial charge in [-0.2, -0.15) is 0 Å². The topological polar surface area (TPSA) is 82.9 Å². The molecule has 0 aliphatic carbocycles. The molecule has 2 N–H and O–H groups in total. The first-order valence-electron chi connectivity index (χ1n) is 6.08. The van der Waals surface area contributed by atoms with Crippen LogP contribution in [0.25, 0.3) is 0 Å². The van der Waals surface area contributed by atoms with Crippen LogP contribution in [0.2, 0.25) is 0 Å². The van der Waals surface area contributed by atoms with Crippen LogP contribution in [0.1, 0.15) is 18.2 Å². The van der Waals surface area contributed by atoms with Crippen molar-refractivity contribution in [3.05, 3.63) is 62.7 Å². The maximum atomic E-state index is 12.1. The zero-order chi connectivity index (χ0) is 14.7. The summed E-state index contributed by atoms with van der Waals surface area (Å²) in [4.78, 5) is 28.2. The molecule has 0 bridgehead atoms. The molecule has 6 nitrogen and oxygen atoms in total. The molecule has 2 aromatic rings. The number of rotatable bonds is 4. The fourth-order valence-electron chi connectivity index (χ4n) is 1.90. The van der Waals surface area contributed by atoms with Gasteiger partial charge in [0.2, 0.25) is 0 Å². The Kier molecular flexibility index (Phi) is 4.09. The SMILES string of the molecule is CCn1ccc(=O)n(Cc2cccnc2C(N)=S)c1=O. The molecule has 104 valence electrons. The van der Waals surface area contributed by atoms with Crippen molar-refractivity contribution in [2.75, 3.05) is 0 Å². The second-order valence-corrected chi connectivity index (χ2v) is 4.62. The maximum absolute atomic E-state index is 12.1. The Hall–Kier alpha value is -2.28. The highest BCUT2D eigenvalue weighted by molar-refractivity contribution is 7.80. The smallest absolute Gasteiger partial charge is 0.331 e. The molecule has 0 radical (unpaired) electrons. The molecular formula is C13H14N4O2S. The van der Waals surface area contributed by atoms with Crippen molar-refractivity contribution in [2.24, 2.45) is 5.73 Å². The standard InChI is InChI=1S/C13H14N4O2S/c1-2-16-7-5-10(18)17(13(16)19)8-9-4-3-6-15-11(9)12(14)20/h3-7H,2,8H2,1H3,(H2,14,20). The van der Waals surface area contributed by atoms with E-state index in [2.05, 4.69) is 4.98 Å². The highest BCUT2D eigenvalue weighted by atomic mass is 32.1. The quantitative estimate of drug-likeness (QED) is 0.808. The summed E-state index contributed by atoms with van der Waals surface area (Å²) in [6, 6.07) is 4.82. The van der Waals surface area contributed by atoms with E-state index < -0.39 is 0 Å². The third-order valence-electron chi connectivity index (χ3n) is 2.93. The Morgan fingerprint density at radius 2 is 2.15 bits per heavy atom. The zero-order valence-electron chi connectivity index (χ0n) is 10.9. The van der Waals surface area contributed by atoms with E-state index in [0.717, 1.165) is 4.57 Å². The second-order valence-electron chi connectivity index (χ2n) is 4.18. The molecule has 2 rings (SSSR count). The molecule has 0 spiro atoms. The molecule has 0 saturated carbocycles. The van der Waals surface area contributed by atoms with Gasteiger partial charge in [-0.1, -0.05) is 18.3 Å². The Morgan fingerprint density at radius 3 is 2.80 bits per heavy atom. The number of pyridine rings is 1. The van der Waals surface area contributed by atoms with Crippen molar-refractivity contribution in [1.82, 2.24) is 14.1 Å². The summed E-state index contributed by atoms with van der Waals surface area (Å²) in [6.45, 7) is 2.42. The van der Waals surface area contributed by atoms with Gasteiger partial charge in [0.1, 0.15) is 10.7 Å². The molecule has 0 aliphatic heterocycles. The first-order valence-corrected chi connectivity index (χ1v) is 6.49. The van der Waals surface area contributed by atoms with Gasteiger partial charge in [-0.05, 0) is 13.0 Å². The molecule has 0 aliphatic rings. The van der Waals surface area contributed by atoms with Crippen LogP contribution in [-0.4, -0.2) is 19.1 Å². The lowest BCUT2D eigenvalue weighted by atomic mass is 10.2. The average molecular weight is 290 g/mol. The fourth-order valence-corrected chi connectivity index (χ4v) is 2.09. The third-order valence-corrected chi connectivity index (χ3v) is 3.13. The van der Waals surface area contributed by atoms with Gasteiger partial charge in [-0.3, -0.25) is 14.3 Å². The van der Waals surface area contributed by atoms with Gasteiger partial charge in [-0.25, -0.2) is 4.79 Å². The van der Waals surface area contributed by atoms with Crippen molar-refractivity contribution < 1.29 is 0 Å². The van der Waals surface area contributed by atoms with Crippen molar-refractivity contribution >= 4 is 17.2 Å². The largest absolute Gasteiger partial charge is 0.388 e. The Bertz CT molecular complexity index is 763. The summed E-state index contributed by atoms with van der Waals surface area (Å²) in [7, 11) is 0. The first kappa shape index (κ1) is 14.1. The minimum atomic E-state index is -0.363. The van der Waals surface area contributed by atoms with Crippen LogP contribution in [0.5, 0.6) is 0 Å². The van der Waals surface area contributed by atoms with Crippen LogP contribution in [0.4, 0.5) is 0 Å².